The summed E-state index contributed by atoms with van der Waals surface area (Å²) in [5.41, 5.74) is -0.102. The van der Waals surface area contributed by atoms with Crippen molar-refractivity contribution in [2.75, 3.05) is 18.4 Å². The van der Waals surface area contributed by atoms with E-state index < -0.39 is 11.7 Å². The second-order valence-electron chi connectivity index (χ2n) is 7.24. The molecule has 0 fully saturated rings. The molecule has 0 radical (unpaired) electrons. The Kier molecular flexibility index (Phi) is 7.01. The number of carbonyl (C=O) groups excluding carboxylic acids is 1. The molecule has 1 aromatic carbocycles. The van der Waals surface area contributed by atoms with Crippen LogP contribution in [0.15, 0.2) is 49.1 Å². The van der Waals surface area contributed by atoms with Gasteiger partial charge < -0.3 is 10.2 Å². The summed E-state index contributed by atoms with van der Waals surface area (Å²) >= 11 is 0. The molecule has 0 bridgehead atoms. The van der Waals surface area contributed by atoms with E-state index in [4.69, 9.17) is 0 Å². The van der Waals surface area contributed by atoms with Gasteiger partial charge in [-0.25, -0.2) is 33.1 Å². The molecule has 1 amide bonds. The van der Waals surface area contributed by atoms with E-state index in [2.05, 4.69) is 25.3 Å². The van der Waals surface area contributed by atoms with Crippen molar-refractivity contribution < 1.29 is 18.0 Å². The number of alkyl halides is 2. The highest BCUT2D eigenvalue weighted by Crippen LogP contribution is 2.26. The first kappa shape index (κ1) is 23.1. The lowest BCUT2D eigenvalue weighted by Gasteiger charge is -2.29. The van der Waals surface area contributed by atoms with Crippen molar-refractivity contribution in [3.63, 3.8) is 0 Å². The second kappa shape index (κ2) is 9.71. The number of hydrogen-bond acceptors (Lipinski definition) is 6. The molecule has 2 heterocycles. The summed E-state index contributed by atoms with van der Waals surface area (Å²) in [5.74, 6) is -3.72. The van der Waals surface area contributed by atoms with Crippen molar-refractivity contribution in [2.24, 2.45) is 0 Å². The molecular formula is C22H23F3N6O. The van der Waals surface area contributed by atoms with Crippen LogP contribution in [-0.2, 0) is 5.92 Å². The van der Waals surface area contributed by atoms with Crippen molar-refractivity contribution in [3.8, 4) is 11.4 Å². The van der Waals surface area contributed by atoms with Crippen LogP contribution < -0.4 is 5.32 Å². The number of halogens is 3. The highest BCUT2D eigenvalue weighted by Gasteiger charge is 2.27. The molecule has 1 N–H and O–H groups in total. The minimum atomic E-state index is -3.03. The average molecular weight is 444 g/mol. The molecule has 0 aliphatic carbocycles. The lowest BCUT2D eigenvalue weighted by atomic mass is 10.0. The lowest BCUT2D eigenvalue weighted by Crippen LogP contribution is -2.42. The molecule has 32 heavy (non-hydrogen) atoms. The van der Waals surface area contributed by atoms with Crippen molar-refractivity contribution in [3.05, 3.63) is 66.0 Å². The number of nitrogens with one attached hydrogen (secondary N) is 1. The predicted molar refractivity (Wildman–Crippen MR) is 114 cm³/mol. The minimum absolute atomic E-state index is 0.0381. The molecule has 0 aliphatic rings. The monoisotopic (exact) mass is 444 g/mol. The largest absolute Gasteiger partial charge is 0.352 e. The van der Waals surface area contributed by atoms with Gasteiger partial charge in [-0.05, 0) is 32.0 Å². The van der Waals surface area contributed by atoms with Crippen LogP contribution in [0, 0.1) is 5.82 Å². The number of anilines is 1. The quantitative estimate of drug-likeness (QED) is 0.562. The molecule has 7 nitrogen and oxygen atoms in total. The van der Waals surface area contributed by atoms with E-state index in [-0.39, 0.29) is 47.0 Å². The SMILES string of the molecule is CCN(C(=O)c1cccc(F)c1-c1ncccn1)[C@@H](C)CNc1ncc(C(C)(F)F)cn1. The van der Waals surface area contributed by atoms with E-state index in [1.54, 1.807) is 24.8 Å². The third-order valence-electron chi connectivity index (χ3n) is 4.88. The molecule has 168 valence electrons. The first-order chi connectivity index (χ1) is 15.2. The molecule has 0 spiro atoms. The zero-order valence-corrected chi connectivity index (χ0v) is 17.9. The number of nitrogens with zero attached hydrogens (tertiary/aromatic N) is 5. The fourth-order valence-corrected chi connectivity index (χ4v) is 3.16. The third-order valence-corrected chi connectivity index (χ3v) is 4.88. The van der Waals surface area contributed by atoms with E-state index in [0.717, 1.165) is 19.3 Å². The lowest BCUT2D eigenvalue weighted by molar-refractivity contribution is 0.0167. The Labute approximate surface area is 183 Å². The Morgan fingerprint density at radius 1 is 1.12 bits per heavy atom. The topological polar surface area (TPSA) is 83.9 Å². The summed E-state index contributed by atoms with van der Waals surface area (Å²) in [6.45, 7) is 5.00. The second-order valence-corrected chi connectivity index (χ2v) is 7.24. The van der Waals surface area contributed by atoms with E-state index >= 15 is 0 Å². The molecule has 3 aromatic rings. The highest BCUT2D eigenvalue weighted by molar-refractivity contribution is 6.00. The maximum atomic E-state index is 14.6. The maximum absolute atomic E-state index is 14.6. The number of hydrogen-bond donors (Lipinski definition) is 1. The van der Waals surface area contributed by atoms with Gasteiger partial charge in [0.2, 0.25) is 5.95 Å². The van der Waals surface area contributed by atoms with Crippen molar-refractivity contribution >= 4 is 11.9 Å². The van der Waals surface area contributed by atoms with Crippen LogP contribution in [0.25, 0.3) is 11.4 Å². The van der Waals surface area contributed by atoms with Crippen LogP contribution in [0.2, 0.25) is 0 Å². The summed E-state index contributed by atoms with van der Waals surface area (Å²) in [4.78, 5) is 30.8. The Bertz CT molecular complexity index is 1060. The molecule has 0 unspecified atom stereocenters. The van der Waals surface area contributed by atoms with Gasteiger partial charge in [0.25, 0.3) is 11.8 Å². The van der Waals surface area contributed by atoms with Gasteiger partial charge in [0.05, 0.1) is 16.7 Å². The van der Waals surface area contributed by atoms with Crippen LogP contribution >= 0.6 is 0 Å². The van der Waals surface area contributed by atoms with E-state index in [1.165, 1.54) is 30.6 Å². The first-order valence-electron chi connectivity index (χ1n) is 10.0. The van der Waals surface area contributed by atoms with E-state index in [1.807, 2.05) is 0 Å². The Balaban J connectivity index is 1.77. The number of likely N-dealkylation sites (N-methyl/N-ethyl adjacent to an activating group) is 1. The molecule has 0 saturated carbocycles. The Hall–Kier alpha value is -3.56. The van der Waals surface area contributed by atoms with Crippen molar-refractivity contribution in [1.29, 1.82) is 0 Å². The first-order valence-corrected chi connectivity index (χ1v) is 10.0. The Morgan fingerprint density at radius 2 is 1.78 bits per heavy atom. The molecule has 2 aromatic heterocycles. The van der Waals surface area contributed by atoms with Gasteiger partial charge in [0.15, 0.2) is 5.82 Å². The van der Waals surface area contributed by atoms with Crippen molar-refractivity contribution in [2.45, 2.75) is 32.7 Å². The summed E-state index contributed by atoms with van der Waals surface area (Å²) in [7, 11) is 0. The predicted octanol–water partition coefficient (Wildman–Crippen LogP) is 4.15. The van der Waals surface area contributed by atoms with Crippen LogP contribution in [0.3, 0.4) is 0 Å². The van der Waals surface area contributed by atoms with Crippen LogP contribution in [0.1, 0.15) is 36.7 Å². The van der Waals surface area contributed by atoms with E-state index in [9.17, 15) is 18.0 Å². The normalized spacial score (nSPS) is 12.3. The summed E-state index contributed by atoms with van der Waals surface area (Å²) in [6, 6.07) is 5.52. The van der Waals surface area contributed by atoms with Gasteiger partial charge in [-0.1, -0.05) is 6.07 Å². The number of rotatable bonds is 8. The standard InChI is InChI=1S/C22H23F3N6O/c1-4-31(14(2)11-28-21-29-12-15(13-30-21)22(3,24)25)20(32)16-7-5-8-17(23)18(16)19-26-9-6-10-27-19/h5-10,12-14H,4,11H2,1-3H3,(H,28,29,30)/t14-/m0/s1. The summed E-state index contributed by atoms with van der Waals surface area (Å²) in [5, 5.41) is 2.94. The average Bonchev–Trinajstić information content (AvgIpc) is 2.78. The van der Waals surface area contributed by atoms with Gasteiger partial charge in [-0.15, -0.1) is 0 Å². The van der Waals surface area contributed by atoms with Crippen LogP contribution in [0.4, 0.5) is 19.1 Å². The van der Waals surface area contributed by atoms with Gasteiger partial charge in [0.1, 0.15) is 5.82 Å². The number of carbonyl (C=O) groups is 1. The fraction of sp³-hybridized carbons (Fsp3) is 0.318. The summed E-state index contributed by atoms with van der Waals surface area (Å²) in [6.07, 6.45) is 5.07. The molecular weight excluding hydrogens is 421 g/mol. The van der Waals surface area contributed by atoms with Gasteiger partial charge in [-0.2, -0.15) is 0 Å². The molecule has 0 aliphatic heterocycles. The third kappa shape index (κ3) is 5.19. The van der Waals surface area contributed by atoms with Crippen LogP contribution in [0.5, 0.6) is 0 Å². The summed E-state index contributed by atoms with van der Waals surface area (Å²) < 4.78 is 41.2. The molecule has 0 saturated heterocycles. The molecule has 10 heteroatoms. The Morgan fingerprint density at radius 3 is 2.38 bits per heavy atom. The number of aromatic nitrogens is 4. The minimum Gasteiger partial charge on any atom is -0.352 e. The zero-order chi connectivity index (χ0) is 23.3. The molecule has 3 rings (SSSR count). The van der Waals surface area contributed by atoms with Crippen LogP contribution in [-0.4, -0.2) is 49.9 Å². The zero-order valence-electron chi connectivity index (χ0n) is 17.9. The van der Waals surface area contributed by atoms with E-state index in [0.29, 0.717) is 6.54 Å². The fourth-order valence-electron chi connectivity index (χ4n) is 3.16. The number of amides is 1. The van der Waals surface area contributed by atoms with Gasteiger partial charge in [0, 0.05) is 50.8 Å². The molecule has 1 atom stereocenters. The smallest absolute Gasteiger partial charge is 0.273 e. The van der Waals surface area contributed by atoms with Gasteiger partial charge in [-0.3, -0.25) is 4.79 Å². The highest BCUT2D eigenvalue weighted by atomic mass is 19.3. The van der Waals surface area contributed by atoms with Crippen molar-refractivity contribution in [1.82, 2.24) is 24.8 Å². The maximum Gasteiger partial charge on any atom is 0.273 e. The number of benzene rings is 1. The van der Waals surface area contributed by atoms with Gasteiger partial charge >= 0.3 is 0 Å².